The van der Waals surface area contributed by atoms with E-state index >= 15 is 0 Å². The summed E-state index contributed by atoms with van der Waals surface area (Å²) in [6.45, 7) is 3.28. The number of furan rings is 1. The summed E-state index contributed by atoms with van der Waals surface area (Å²) in [5.74, 6) is 0.723. The smallest absolute Gasteiger partial charge is 0.254 e. The van der Waals surface area contributed by atoms with E-state index in [4.69, 9.17) is 4.42 Å². The first-order valence-electron chi connectivity index (χ1n) is 7.93. The third kappa shape index (κ3) is 3.31. The van der Waals surface area contributed by atoms with E-state index in [0.717, 1.165) is 0 Å². The van der Waals surface area contributed by atoms with Crippen molar-refractivity contribution in [3.8, 4) is 0 Å². The number of nitrogens with zero attached hydrogens (tertiary/aromatic N) is 2. The molecular weight excluding hydrogens is 328 g/mol. The standard InChI is InChI=1S/C17H20N2O4S/c1-2-18(13-16-8-4-10-23-16)17(20)14-6-3-7-15(12-14)19-9-5-11-24(19,21)22/h3-4,6-8,10,12H,2,5,9,11,13H2,1H3. The maximum atomic E-state index is 12.7. The summed E-state index contributed by atoms with van der Waals surface area (Å²) in [6.07, 6.45) is 2.19. The number of sulfonamides is 1. The molecule has 0 unspecified atom stereocenters. The Morgan fingerprint density at radius 3 is 2.75 bits per heavy atom. The van der Waals surface area contributed by atoms with Crippen LogP contribution in [-0.2, 0) is 16.6 Å². The Kier molecular flexibility index (Phi) is 4.62. The highest BCUT2D eigenvalue weighted by Crippen LogP contribution is 2.25. The highest BCUT2D eigenvalue weighted by Gasteiger charge is 2.29. The van der Waals surface area contributed by atoms with Gasteiger partial charge in [0.2, 0.25) is 10.0 Å². The van der Waals surface area contributed by atoms with E-state index in [1.165, 1.54) is 4.31 Å². The molecule has 0 aliphatic carbocycles. The zero-order chi connectivity index (χ0) is 17.2. The summed E-state index contributed by atoms with van der Waals surface area (Å²) < 4.78 is 30.8. The maximum Gasteiger partial charge on any atom is 0.254 e. The molecule has 0 atom stereocenters. The number of hydrogen-bond acceptors (Lipinski definition) is 4. The summed E-state index contributed by atoms with van der Waals surface area (Å²) in [7, 11) is -3.26. The van der Waals surface area contributed by atoms with Gasteiger partial charge in [0.1, 0.15) is 5.76 Å². The molecule has 0 bridgehead atoms. The molecule has 7 heteroatoms. The van der Waals surface area contributed by atoms with Crippen LogP contribution >= 0.6 is 0 Å². The van der Waals surface area contributed by atoms with Gasteiger partial charge in [-0.25, -0.2) is 8.42 Å². The molecule has 0 spiro atoms. The fourth-order valence-corrected chi connectivity index (χ4v) is 4.38. The second kappa shape index (κ2) is 6.68. The zero-order valence-electron chi connectivity index (χ0n) is 13.5. The van der Waals surface area contributed by atoms with Gasteiger partial charge in [0.25, 0.3) is 5.91 Å². The second-order valence-electron chi connectivity index (χ2n) is 5.69. The Labute approximate surface area is 141 Å². The zero-order valence-corrected chi connectivity index (χ0v) is 14.3. The van der Waals surface area contributed by atoms with Gasteiger partial charge in [0.05, 0.1) is 24.2 Å². The lowest BCUT2D eigenvalue weighted by molar-refractivity contribution is 0.0741. The van der Waals surface area contributed by atoms with E-state index in [9.17, 15) is 13.2 Å². The monoisotopic (exact) mass is 348 g/mol. The summed E-state index contributed by atoms with van der Waals surface area (Å²) in [6, 6.07) is 10.4. The van der Waals surface area contributed by atoms with Crippen molar-refractivity contribution in [1.82, 2.24) is 4.90 Å². The van der Waals surface area contributed by atoms with Crippen LogP contribution in [0.1, 0.15) is 29.5 Å². The normalized spacial score (nSPS) is 16.3. The van der Waals surface area contributed by atoms with Gasteiger partial charge in [-0.1, -0.05) is 6.07 Å². The van der Waals surface area contributed by atoms with Crippen LogP contribution in [0, 0.1) is 0 Å². The number of anilines is 1. The van der Waals surface area contributed by atoms with Gasteiger partial charge in [0.15, 0.2) is 0 Å². The van der Waals surface area contributed by atoms with Crippen molar-refractivity contribution in [1.29, 1.82) is 0 Å². The van der Waals surface area contributed by atoms with Crippen molar-refractivity contribution >= 4 is 21.6 Å². The van der Waals surface area contributed by atoms with Gasteiger partial charge in [-0.15, -0.1) is 0 Å². The Bertz CT molecular complexity index is 815. The fourth-order valence-electron chi connectivity index (χ4n) is 2.82. The lowest BCUT2D eigenvalue weighted by Gasteiger charge is -2.21. The van der Waals surface area contributed by atoms with E-state index in [1.807, 2.05) is 13.0 Å². The number of benzene rings is 1. The lowest BCUT2D eigenvalue weighted by atomic mass is 10.1. The molecule has 2 heterocycles. The van der Waals surface area contributed by atoms with Gasteiger partial charge in [-0.2, -0.15) is 0 Å². The third-order valence-corrected chi connectivity index (χ3v) is 5.95. The summed E-state index contributed by atoms with van der Waals surface area (Å²) in [4.78, 5) is 14.4. The molecule has 0 radical (unpaired) electrons. The van der Waals surface area contributed by atoms with Crippen molar-refractivity contribution in [3.05, 3.63) is 54.0 Å². The first-order chi connectivity index (χ1) is 11.5. The van der Waals surface area contributed by atoms with Crippen molar-refractivity contribution in [2.75, 3.05) is 23.1 Å². The molecule has 1 aliphatic heterocycles. The van der Waals surface area contributed by atoms with Gasteiger partial charge in [-0.05, 0) is 43.7 Å². The number of carbonyl (C=O) groups excluding carboxylic acids is 1. The Morgan fingerprint density at radius 1 is 1.29 bits per heavy atom. The molecule has 3 rings (SSSR count). The second-order valence-corrected chi connectivity index (χ2v) is 7.70. The first-order valence-corrected chi connectivity index (χ1v) is 9.54. The summed E-state index contributed by atoms with van der Waals surface area (Å²) >= 11 is 0. The summed E-state index contributed by atoms with van der Waals surface area (Å²) in [5, 5.41) is 0. The van der Waals surface area contributed by atoms with Gasteiger partial charge < -0.3 is 9.32 Å². The molecule has 1 aromatic heterocycles. The first kappa shape index (κ1) is 16.6. The molecule has 2 aromatic rings. The molecule has 0 N–H and O–H groups in total. The molecular formula is C17H20N2O4S. The van der Waals surface area contributed by atoms with E-state index < -0.39 is 10.0 Å². The minimum atomic E-state index is -3.26. The fraction of sp³-hybridized carbons (Fsp3) is 0.353. The predicted octanol–water partition coefficient (Wildman–Crippen LogP) is 2.48. The molecule has 6 nitrogen and oxygen atoms in total. The Morgan fingerprint density at radius 2 is 2.12 bits per heavy atom. The molecule has 1 aromatic carbocycles. The minimum absolute atomic E-state index is 0.146. The topological polar surface area (TPSA) is 70.8 Å². The van der Waals surface area contributed by atoms with Crippen LogP contribution in [0.25, 0.3) is 0 Å². The van der Waals surface area contributed by atoms with Crippen molar-refractivity contribution in [2.45, 2.75) is 19.9 Å². The molecule has 1 saturated heterocycles. The van der Waals surface area contributed by atoms with Crippen LogP contribution in [0.3, 0.4) is 0 Å². The number of rotatable bonds is 5. The number of carbonyl (C=O) groups is 1. The average molecular weight is 348 g/mol. The molecule has 24 heavy (non-hydrogen) atoms. The average Bonchev–Trinajstić information content (AvgIpc) is 3.21. The number of amides is 1. The number of hydrogen-bond donors (Lipinski definition) is 0. The molecule has 1 amide bonds. The van der Waals surface area contributed by atoms with Crippen LogP contribution in [0.4, 0.5) is 5.69 Å². The Balaban J connectivity index is 1.83. The SMILES string of the molecule is CCN(Cc1ccco1)C(=O)c1cccc(N2CCCS2(=O)=O)c1. The van der Waals surface area contributed by atoms with Crippen molar-refractivity contribution in [3.63, 3.8) is 0 Å². The quantitative estimate of drug-likeness (QED) is 0.832. The van der Waals surface area contributed by atoms with Crippen molar-refractivity contribution in [2.24, 2.45) is 0 Å². The van der Waals surface area contributed by atoms with Crippen molar-refractivity contribution < 1.29 is 17.6 Å². The molecule has 1 aliphatic rings. The van der Waals surface area contributed by atoms with Crippen LogP contribution < -0.4 is 4.31 Å². The lowest BCUT2D eigenvalue weighted by Crippen LogP contribution is -2.30. The molecule has 1 fully saturated rings. The van der Waals surface area contributed by atoms with E-state index in [2.05, 4.69) is 0 Å². The van der Waals surface area contributed by atoms with Gasteiger partial charge >= 0.3 is 0 Å². The van der Waals surface area contributed by atoms with Crippen LogP contribution in [0.15, 0.2) is 47.1 Å². The minimum Gasteiger partial charge on any atom is -0.467 e. The highest BCUT2D eigenvalue weighted by molar-refractivity contribution is 7.93. The predicted molar refractivity (Wildman–Crippen MR) is 91.3 cm³/mol. The van der Waals surface area contributed by atoms with Crippen LogP contribution in [0.2, 0.25) is 0 Å². The van der Waals surface area contributed by atoms with E-state index in [-0.39, 0.29) is 11.7 Å². The largest absolute Gasteiger partial charge is 0.467 e. The summed E-state index contributed by atoms with van der Waals surface area (Å²) in [5.41, 5.74) is 1.02. The highest BCUT2D eigenvalue weighted by atomic mass is 32.2. The van der Waals surface area contributed by atoms with Crippen LogP contribution in [-0.4, -0.2) is 38.1 Å². The van der Waals surface area contributed by atoms with Gasteiger partial charge in [0, 0.05) is 18.7 Å². The third-order valence-electron chi connectivity index (χ3n) is 4.08. The van der Waals surface area contributed by atoms with E-state index in [1.54, 1.807) is 41.5 Å². The molecule has 0 saturated carbocycles. The van der Waals surface area contributed by atoms with E-state index in [0.29, 0.717) is 43.1 Å². The molecule has 128 valence electrons. The van der Waals surface area contributed by atoms with Gasteiger partial charge in [-0.3, -0.25) is 9.10 Å². The maximum absolute atomic E-state index is 12.7. The Hall–Kier alpha value is -2.28. The van der Waals surface area contributed by atoms with Crippen LogP contribution in [0.5, 0.6) is 0 Å².